The van der Waals surface area contributed by atoms with Crippen molar-refractivity contribution >= 4 is 28.9 Å². The van der Waals surface area contributed by atoms with Gasteiger partial charge in [0.25, 0.3) is 5.91 Å². The van der Waals surface area contributed by atoms with Crippen LogP contribution in [0.15, 0.2) is 35.7 Å². The van der Waals surface area contributed by atoms with E-state index in [0.717, 1.165) is 5.56 Å². The number of aryl methyl sites for hydroxylation is 1. The summed E-state index contributed by atoms with van der Waals surface area (Å²) in [7, 11) is 1.30. The smallest absolute Gasteiger partial charge is 0.350 e. The monoisotopic (exact) mass is 319 g/mol. The maximum atomic E-state index is 12.2. The van der Waals surface area contributed by atoms with Gasteiger partial charge in [-0.15, -0.1) is 11.3 Å². The van der Waals surface area contributed by atoms with Crippen LogP contribution in [0.5, 0.6) is 5.75 Å². The summed E-state index contributed by atoms with van der Waals surface area (Å²) in [6.45, 7) is 3.63. The van der Waals surface area contributed by atoms with Crippen LogP contribution < -0.4 is 10.1 Å². The molecule has 1 aromatic heterocycles. The fourth-order valence-corrected chi connectivity index (χ4v) is 2.53. The van der Waals surface area contributed by atoms with E-state index in [0.29, 0.717) is 16.3 Å². The van der Waals surface area contributed by atoms with Crippen molar-refractivity contribution in [3.8, 4) is 5.75 Å². The lowest BCUT2D eigenvalue weighted by Crippen LogP contribution is -2.30. The number of hydrogen-bond acceptors (Lipinski definition) is 5. The second-order valence-corrected chi connectivity index (χ2v) is 5.63. The van der Waals surface area contributed by atoms with Gasteiger partial charge in [0.15, 0.2) is 6.10 Å². The molecular formula is C16H17NO4S. The average Bonchev–Trinajstić information content (AvgIpc) is 2.96. The van der Waals surface area contributed by atoms with Crippen molar-refractivity contribution in [1.29, 1.82) is 0 Å². The molecule has 22 heavy (non-hydrogen) atoms. The van der Waals surface area contributed by atoms with Crippen LogP contribution in [-0.2, 0) is 9.53 Å². The molecule has 1 atom stereocenters. The van der Waals surface area contributed by atoms with E-state index in [9.17, 15) is 9.59 Å². The lowest BCUT2D eigenvalue weighted by atomic mass is 10.2. The van der Waals surface area contributed by atoms with Gasteiger partial charge in [0.1, 0.15) is 10.6 Å². The molecule has 0 spiro atoms. The Hall–Kier alpha value is -2.34. The number of esters is 1. The third-order valence-corrected chi connectivity index (χ3v) is 3.89. The molecule has 5 nitrogen and oxygen atoms in total. The highest BCUT2D eigenvalue weighted by Crippen LogP contribution is 2.23. The zero-order valence-electron chi connectivity index (χ0n) is 12.6. The Morgan fingerprint density at radius 1 is 1.18 bits per heavy atom. The van der Waals surface area contributed by atoms with Gasteiger partial charge in [-0.05, 0) is 37.4 Å². The topological polar surface area (TPSA) is 64.6 Å². The molecule has 0 saturated heterocycles. The highest BCUT2D eigenvalue weighted by atomic mass is 32.1. The van der Waals surface area contributed by atoms with E-state index in [1.54, 1.807) is 18.4 Å². The van der Waals surface area contributed by atoms with Crippen LogP contribution in [0.3, 0.4) is 0 Å². The maximum Gasteiger partial charge on any atom is 0.350 e. The molecule has 0 aliphatic rings. The Bertz CT molecular complexity index is 663. The lowest BCUT2D eigenvalue weighted by molar-refractivity contribution is -0.122. The predicted molar refractivity (Wildman–Crippen MR) is 85.6 cm³/mol. The zero-order valence-corrected chi connectivity index (χ0v) is 13.4. The van der Waals surface area contributed by atoms with Crippen LogP contribution in [0.4, 0.5) is 5.69 Å². The Labute approximate surface area is 132 Å². The maximum absolute atomic E-state index is 12.2. The molecule has 2 rings (SSSR count). The van der Waals surface area contributed by atoms with Gasteiger partial charge in [-0.2, -0.15) is 0 Å². The largest absolute Gasteiger partial charge is 0.481 e. The normalized spacial score (nSPS) is 11.6. The Morgan fingerprint density at radius 3 is 2.50 bits per heavy atom. The van der Waals surface area contributed by atoms with Crippen LogP contribution in [0.2, 0.25) is 0 Å². The minimum atomic E-state index is -0.687. The van der Waals surface area contributed by atoms with Gasteiger partial charge in [0.05, 0.1) is 12.8 Å². The van der Waals surface area contributed by atoms with Crippen molar-refractivity contribution in [2.45, 2.75) is 20.0 Å². The van der Waals surface area contributed by atoms with E-state index < -0.39 is 12.1 Å². The SMILES string of the molecule is COC(=O)c1sccc1NC(=O)[C@@H](C)Oc1ccc(C)cc1. The van der Waals surface area contributed by atoms with E-state index in [1.807, 2.05) is 31.2 Å². The van der Waals surface area contributed by atoms with Crippen LogP contribution >= 0.6 is 11.3 Å². The summed E-state index contributed by atoms with van der Waals surface area (Å²) < 4.78 is 10.3. The minimum absolute atomic E-state index is 0.330. The van der Waals surface area contributed by atoms with Gasteiger partial charge in [-0.1, -0.05) is 17.7 Å². The summed E-state index contributed by atoms with van der Waals surface area (Å²) in [5.74, 6) is -0.187. The molecule has 6 heteroatoms. The standard InChI is InChI=1S/C16H17NO4S/c1-10-4-6-12(7-5-10)21-11(2)15(18)17-13-8-9-22-14(13)16(19)20-3/h4-9,11H,1-3H3,(H,17,18)/t11-/m1/s1. The number of amides is 1. The molecule has 0 saturated carbocycles. The van der Waals surface area contributed by atoms with E-state index >= 15 is 0 Å². The first-order valence-electron chi connectivity index (χ1n) is 6.71. The summed E-state index contributed by atoms with van der Waals surface area (Å²) in [5, 5.41) is 4.40. The molecule has 0 bridgehead atoms. The summed E-state index contributed by atoms with van der Waals surface area (Å²) in [6, 6.07) is 9.10. The van der Waals surface area contributed by atoms with Gasteiger partial charge in [0.2, 0.25) is 0 Å². The Kier molecular flexibility index (Phi) is 5.16. The van der Waals surface area contributed by atoms with E-state index in [1.165, 1.54) is 18.4 Å². The second-order valence-electron chi connectivity index (χ2n) is 4.72. The number of carbonyl (C=O) groups excluding carboxylic acids is 2. The molecule has 0 radical (unpaired) electrons. The number of thiophene rings is 1. The molecule has 0 fully saturated rings. The summed E-state index contributed by atoms with van der Waals surface area (Å²) in [5.41, 5.74) is 1.55. The molecule has 0 aliphatic heterocycles. The molecule has 1 amide bonds. The zero-order chi connectivity index (χ0) is 16.1. The first-order valence-corrected chi connectivity index (χ1v) is 7.59. The molecule has 0 aliphatic carbocycles. The number of nitrogens with one attached hydrogen (secondary N) is 1. The molecule has 1 heterocycles. The Balaban J connectivity index is 2.01. The van der Waals surface area contributed by atoms with Crippen LogP contribution in [0.1, 0.15) is 22.2 Å². The number of carbonyl (C=O) groups is 2. The van der Waals surface area contributed by atoms with E-state index in [2.05, 4.69) is 10.1 Å². The average molecular weight is 319 g/mol. The Morgan fingerprint density at radius 2 is 1.86 bits per heavy atom. The third-order valence-electron chi connectivity index (χ3n) is 3.00. The molecule has 0 unspecified atom stereocenters. The fourth-order valence-electron chi connectivity index (χ4n) is 1.77. The lowest BCUT2D eigenvalue weighted by Gasteiger charge is -2.14. The molecule has 1 aromatic carbocycles. The number of anilines is 1. The van der Waals surface area contributed by atoms with Crippen molar-refractivity contribution in [2.24, 2.45) is 0 Å². The molecular weight excluding hydrogens is 302 g/mol. The quantitative estimate of drug-likeness (QED) is 0.859. The molecule has 1 N–H and O–H groups in total. The van der Waals surface area contributed by atoms with Crippen molar-refractivity contribution in [3.63, 3.8) is 0 Å². The van der Waals surface area contributed by atoms with Crippen molar-refractivity contribution < 1.29 is 19.1 Å². The first-order chi connectivity index (χ1) is 10.5. The van der Waals surface area contributed by atoms with Crippen LogP contribution in [0.25, 0.3) is 0 Å². The van der Waals surface area contributed by atoms with E-state index in [4.69, 9.17) is 4.74 Å². The molecule has 116 valence electrons. The summed E-state index contributed by atoms with van der Waals surface area (Å²) >= 11 is 1.21. The van der Waals surface area contributed by atoms with E-state index in [-0.39, 0.29) is 5.91 Å². The van der Waals surface area contributed by atoms with Gasteiger partial charge in [0, 0.05) is 0 Å². The number of benzene rings is 1. The molecule has 2 aromatic rings. The van der Waals surface area contributed by atoms with Gasteiger partial charge < -0.3 is 14.8 Å². The van der Waals surface area contributed by atoms with Gasteiger partial charge in [-0.25, -0.2) is 4.79 Å². The number of methoxy groups -OCH3 is 1. The summed E-state index contributed by atoms with van der Waals surface area (Å²) in [4.78, 5) is 24.1. The first kappa shape index (κ1) is 16.0. The number of rotatable bonds is 5. The van der Waals surface area contributed by atoms with Crippen LogP contribution in [0, 0.1) is 6.92 Å². The van der Waals surface area contributed by atoms with Crippen LogP contribution in [-0.4, -0.2) is 25.1 Å². The van der Waals surface area contributed by atoms with Gasteiger partial charge in [-0.3, -0.25) is 4.79 Å². The van der Waals surface area contributed by atoms with Crippen molar-refractivity contribution in [2.75, 3.05) is 12.4 Å². The second kappa shape index (κ2) is 7.09. The fraction of sp³-hybridized carbons (Fsp3) is 0.250. The van der Waals surface area contributed by atoms with Crippen molar-refractivity contribution in [3.05, 3.63) is 46.2 Å². The third kappa shape index (κ3) is 3.85. The number of ether oxygens (including phenoxy) is 2. The van der Waals surface area contributed by atoms with Gasteiger partial charge >= 0.3 is 5.97 Å². The minimum Gasteiger partial charge on any atom is -0.481 e. The highest BCUT2D eigenvalue weighted by Gasteiger charge is 2.19. The number of hydrogen-bond donors (Lipinski definition) is 1. The van der Waals surface area contributed by atoms with Crippen molar-refractivity contribution in [1.82, 2.24) is 0 Å². The predicted octanol–water partition coefficient (Wildman–Crippen LogP) is 3.25. The summed E-state index contributed by atoms with van der Waals surface area (Å²) in [6.07, 6.45) is -0.687. The highest BCUT2D eigenvalue weighted by molar-refractivity contribution is 7.12.